The minimum Gasteiger partial charge on any atom is -0.368 e. The van der Waals surface area contributed by atoms with E-state index in [0.29, 0.717) is 0 Å². The molecule has 1 aromatic carbocycles. The first-order valence-electron chi connectivity index (χ1n) is 5.87. The molecule has 1 unspecified atom stereocenters. The van der Waals surface area contributed by atoms with Crippen LogP contribution in [0.25, 0.3) is 0 Å². The van der Waals surface area contributed by atoms with Gasteiger partial charge in [0, 0.05) is 28.1 Å². The molecule has 0 radical (unpaired) electrons. The van der Waals surface area contributed by atoms with E-state index >= 15 is 0 Å². The molecule has 0 aliphatic carbocycles. The Morgan fingerprint density at radius 2 is 2.25 bits per heavy atom. The average Bonchev–Trinajstić information content (AvgIpc) is 2.76. The Kier molecular flexibility index (Phi) is 4.31. The summed E-state index contributed by atoms with van der Waals surface area (Å²) in [6, 6.07) is 7.34. The van der Waals surface area contributed by atoms with Crippen LogP contribution in [0.2, 0.25) is 0 Å². The van der Waals surface area contributed by atoms with Gasteiger partial charge in [0.2, 0.25) is 0 Å². The number of halogens is 2. The van der Waals surface area contributed by atoms with Gasteiger partial charge < -0.3 is 4.90 Å². The molecule has 16 heavy (non-hydrogen) atoms. The largest absolute Gasteiger partial charge is 0.368 e. The van der Waals surface area contributed by atoms with E-state index < -0.39 is 0 Å². The first-order chi connectivity index (χ1) is 7.76. The zero-order valence-electron chi connectivity index (χ0n) is 9.55. The molecule has 1 nitrogen and oxygen atoms in total. The van der Waals surface area contributed by atoms with Gasteiger partial charge in [0.15, 0.2) is 0 Å². The molecule has 1 atom stereocenters. The lowest BCUT2D eigenvalue weighted by atomic mass is 10.1. The van der Waals surface area contributed by atoms with Crippen molar-refractivity contribution in [2.45, 2.75) is 37.6 Å². The van der Waals surface area contributed by atoms with Crippen molar-refractivity contribution in [2.24, 2.45) is 0 Å². The van der Waals surface area contributed by atoms with Gasteiger partial charge in [0.1, 0.15) is 0 Å². The molecule has 1 saturated heterocycles. The highest BCUT2D eigenvalue weighted by molar-refractivity contribution is 9.10. The Balaban J connectivity index is 2.31. The first-order valence-corrected chi connectivity index (χ1v) is 7.78. The summed E-state index contributed by atoms with van der Waals surface area (Å²) in [5, 5.41) is 0.925. The maximum Gasteiger partial charge on any atom is 0.0410 e. The summed E-state index contributed by atoms with van der Waals surface area (Å²) in [4.78, 5) is 2.57. The van der Waals surface area contributed by atoms with E-state index in [2.05, 4.69) is 61.9 Å². The van der Waals surface area contributed by atoms with Crippen LogP contribution in [0.1, 0.15) is 31.7 Å². The summed E-state index contributed by atoms with van der Waals surface area (Å²) < 4.78 is 1.16. The number of anilines is 1. The van der Waals surface area contributed by atoms with Crippen LogP contribution in [-0.2, 0) is 5.33 Å². The van der Waals surface area contributed by atoms with Crippen LogP contribution in [0.5, 0.6) is 0 Å². The third-order valence-corrected chi connectivity index (χ3v) is 4.44. The fraction of sp³-hybridized carbons (Fsp3) is 0.538. The minimum atomic E-state index is 0.735. The summed E-state index contributed by atoms with van der Waals surface area (Å²) in [5.74, 6) is 0. The lowest BCUT2D eigenvalue weighted by Gasteiger charge is -2.28. The van der Waals surface area contributed by atoms with Crippen molar-refractivity contribution in [1.82, 2.24) is 0 Å². The number of rotatable bonds is 3. The van der Waals surface area contributed by atoms with Gasteiger partial charge in [-0.3, -0.25) is 0 Å². The van der Waals surface area contributed by atoms with E-state index in [1.165, 1.54) is 37.1 Å². The predicted octanol–water partition coefficient (Wildman–Crippen LogP) is 4.72. The molecule has 3 heteroatoms. The van der Waals surface area contributed by atoms with Crippen LogP contribution in [0.4, 0.5) is 5.69 Å². The van der Waals surface area contributed by atoms with Crippen molar-refractivity contribution in [3.05, 3.63) is 28.2 Å². The number of benzene rings is 1. The Labute approximate surface area is 114 Å². The first kappa shape index (κ1) is 12.4. The summed E-state index contributed by atoms with van der Waals surface area (Å²) in [5.41, 5.74) is 2.79. The van der Waals surface area contributed by atoms with E-state index in [4.69, 9.17) is 0 Å². The van der Waals surface area contributed by atoms with Crippen LogP contribution in [-0.4, -0.2) is 12.6 Å². The van der Waals surface area contributed by atoms with Gasteiger partial charge in [-0.05, 0) is 43.0 Å². The monoisotopic (exact) mass is 345 g/mol. The molecule has 0 spiro atoms. The number of nitrogens with zero attached hydrogens (tertiary/aromatic N) is 1. The van der Waals surface area contributed by atoms with Gasteiger partial charge in [0.25, 0.3) is 0 Å². The third kappa shape index (κ3) is 2.45. The number of hydrogen-bond donors (Lipinski definition) is 0. The molecule has 0 bridgehead atoms. The summed E-state index contributed by atoms with van der Waals surface area (Å²) in [7, 11) is 0. The molecule has 0 N–H and O–H groups in total. The smallest absolute Gasteiger partial charge is 0.0410 e. The van der Waals surface area contributed by atoms with Gasteiger partial charge in [-0.1, -0.05) is 38.8 Å². The quantitative estimate of drug-likeness (QED) is 0.715. The predicted molar refractivity (Wildman–Crippen MR) is 77.4 cm³/mol. The molecular weight excluding hydrogens is 330 g/mol. The number of alkyl halides is 1. The zero-order chi connectivity index (χ0) is 11.5. The summed E-state index contributed by atoms with van der Waals surface area (Å²) in [6.45, 7) is 3.50. The maximum atomic E-state index is 3.58. The van der Waals surface area contributed by atoms with Gasteiger partial charge >= 0.3 is 0 Å². The van der Waals surface area contributed by atoms with Crippen molar-refractivity contribution in [3.8, 4) is 0 Å². The molecule has 1 aliphatic rings. The van der Waals surface area contributed by atoms with Gasteiger partial charge in [-0.15, -0.1) is 0 Å². The molecule has 1 aliphatic heterocycles. The zero-order valence-corrected chi connectivity index (χ0v) is 12.7. The van der Waals surface area contributed by atoms with Crippen LogP contribution in [0.3, 0.4) is 0 Å². The minimum absolute atomic E-state index is 0.735. The fourth-order valence-corrected chi connectivity index (χ4v) is 3.38. The average molecular weight is 347 g/mol. The van der Waals surface area contributed by atoms with E-state index in [0.717, 1.165) is 15.8 Å². The van der Waals surface area contributed by atoms with Crippen LogP contribution in [0.15, 0.2) is 22.7 Å². The lowest BCUT2D eigenvalue weighted by Crippen LogP contribution is -2.29. The van der Waals surface area contributed by atoms with Crippen molar-refractivity contribution in [3.63, 3.8) is 0 Å². The SMILES string of the molecule is CCC1CCCN1c1ccc(Br)cc1CBr. The van der Waals surface area contributed by atoms with Crippen molar-refractivity contribution in [2.75, 3.05) is 11.4 Å². The van der Waals surface area contributed by atoms with Crippen molar-refractivity contribution >= 4 is 37.5 Å². The van der Waals surface area contributed by atoms with E-state index in [9.17, 15) is 0 Å². The highest BCUT2D eigenvalue weighted by Gasteiger charge is 2.24. The Morgan fingerprint density at radius 1 is 1.44 bits per heavy atom. The van der Waals surface area contributed by atoms with Gasteiger partial charge in [0.05, 0.1) is 0 Å². The molecule has 1 heterocycles. The topological polar surface area (TPSA) is 3.24 Å². The maximum absolute atomic E-state index is 3.58. The standard InChI is InChI=1S/C13H17Br2N/c1-2-12-4-3-7-16(12)13-6-5-11(15)8-10(13)9-14/h5-6,8,12H,2-4,7,9H2,1H3. The lowest BCUT2D eigenvalue weighted by molar-refractivity contribution is 0.644. The summed E-state index contributed by atoms with van der Waals surface area (Å²) >= 11 is 7.12. The van der Waals surface area contributed by atoms with Gasteiger partial charge in [-0.25, -0.2) is 0 Å². The molecule has 0 amide bonds. The van der Waals surface area contributed by atoms with Crippen molar-refractivity contribution in [1.29, 1.82) is 0 Å². The second-order valence-corrected chi connectivity index (χ2v) is 5.78. The molecule has 2 rings (SSSR count). The Hall–Kier alpha value is -0.0200. The molecule has 1 aromatic rings. The second kappa shape index (κ2) is 5.54. The second-order valence-electron chi connectivity index (χ2n) is 4.30. The van der Waals surface area contributed by atoms with Crippen LogP contribution >= 0.6 is 31.9 Å². The summed E-state index contributed by atoms with van der Waals surface area (Å²) in [6.07, 6.45) is 3.92. The highest BCUT2D eigenvalue weighted by atomic mass is 79.9. The Morgan fingerprint density at radius 3 is 2.94 bits per heavy atom. The fourth-order valence-electron chi connectivity index (χ4n) is 2.52. The molecule has 1 fully saturated rings. The van der Waals surface area contributed by atoms with Crippen LogP contribution in [0, 0.1) is 0 Å². The van der Waals surface area contributed by atoms with Crippen molar-refractivity contribution < 1.29 is 0 Å². The van der Waals surface area contributed by atoms with E-state index in [1.54, 1.807) is 0 Å². The van der Waals surface area contributed by atoms with Crippen LogP contribution < -0.4 is 4.90 Å². The number of hydrogen-bond acceptors (Lipinski definition) is 1. The van der Waals surface area contributed by atoms with E-state index in [-0.39, 0.29) is 0 Å². The molecule has 88 valence electrons. The third-order valence-electron chi connectivity index (χ3n) is 3.34. The normalized spacial score (nSPS) is 20.4. The Bertz CT molecular complexity index is 365. The molecule has 0 aromatic heterocycles. The van der Waals surface area contributed by atoms with E-state index in [1.807, 2.05) is 0 Å². The molecular formula is C13H17Br2N. The van der Waals surface area contributed by atoms with Gasteiger partial charge in [-0.2, -0.15) is 0 Å². The molecule has 0 saturated carbocycles. The highest BCUT2D eigenvalue weighted by Crippen LogP contribution is 2.32.